The molecule has 8 nitrogen and oxygen atoms in total. The monoisotopic (exact) mass is 600 g/mol. The maximum atomic E-state index is 13.9. The number of methoxy groups -OCH3 is 2. The molecule has 0 bridgehead atoms. The Labute approximate surface area is 233 Å². The third-order valence-corrected chi connectivity index (χ3v) is 7.56. The van der Waals surface area contributed by atoms with Gasteiger partial charge in [-0.15, -0.1) is 0 Å². The smallest absolute Gasteiger partial charge is 0.338 e. The van der Waals surface area contributed by atoms with Crippen molar-refractivity contribution >= 4 is 39.3 Å². The first-order valence-electron chi connectivity index (χ1n) is 12.2. The molecule has 0 radical (unpaired) electrons. The summed E-state index contributed by atoms with van der Waals surface area (Å²) < 4.78 is 25.2. The zero-order valence-electron chi connectivity index (χ0n) is 21.9. The number of esters is 1. The SMILES string of the molecule is CCCOc1c(OC)cccc1[C@H]1C(C(=O)OC)=C(C)N=c2sc(=Cc3ccc(OCC)c(Br)c3)c(=O)n21. The maximum Gasteiger partial charge on any atom is 0.338 e. The predicted molar refractivity (Wildman–Crippen MR) is 150 cm³/mol. The normalized spacial score (nSPS) is 15.1. The molecule has 0 unspecified atom stereocenters. The molecule has 3 aromatic rings. The van der Waals surface area contributed by atoms with E-state index in [1.165, 1.54) is 23.0 Å². The summed E-state index contributed by atoms with van der Waals surface area (Å²) in [6.07, 6.45) is 2.58. The topological polar surface area (TPSA) is 88.4 Å². The molecule has 4 rings (SSSR count). The molecular formula is C28H29BrN2O6S. The van der Waals surface area contributed by atoms with Crippen LogP contribution in [0.5, 0.6) is 17.2 Å². The average molecular weight is 602 g/mol. The Balaban J connectivity index is 1.96. The molecule has 1 aromatic heterocycles. The molecule has 0 aliphatic carbocycles. The van der Waals surface area contributed by atoms with Crippen molar-refractivity contribution in [1.29, 1.82) is 0 Å². The molecule has 0 saturated heterocycles. The molecule has 38 heavy (non-hydrogen) atoms. The number of carbonyl (C=O) groups excluding carboxylic acids is 1. The molecular weight excluding hydrogens is 572 g/mol. The number of para-hydroxylation sites is 1. The minimum absolute atomic E-state index is 0.268. The fourth-order valence-corrected chi connectivity index (χ4v) is 5.84. The van der Waals surface area contributed by atoms with Crippen molar-refractivity contribution in [2.45, 2.75) is 33.2 Å². The number of aromatic nitrogens is 1. The van der Waals surface area contributed by atoms with Crippen molar-refractivity contribution in [3.63, 3.8) is 0 Å². The lowest BCUT2D eigenvalue weighted by molar-refractivity contribution is -0.136. The number of thiazole rings is 1. The van der Waals surface area contributed by atoms with Crippen LogP contribution >= 0.6 is 27.3 Å². The number of allylic oxidation sites excluding steroid dienone is 1. The number of rotatable bonds is 9. The molecule has 2 heterocycles. The first kappa shape index (κ1) is 27.7. The van der Waals surface area contributed by atoms with E-state index in [1.807, 2.05) is 44.2 Å². The lowest BCUT2D eigenvalue weighted by Crippen LogP contribution is -2.40. The van der Waals surface area contributed by atoms with Gasteiger partial charge in [-0.1, -0.05) is 36.5 Å². The molecule has 1 atom stereocenters. The van der Waals surface area contributed by atoms with Crippen LogP contribution < -0.4 is 29.1 Å². The Bertz CT molecular complexity index is 1570. The Morgan fingerprint density at radius 1 is 1.16 bits per heavy atom. The molecule has 0 spiro atoms. The van der Waals surface area contributed by atoms with Crippen LogP contribution in [0.2, 0.25) is 0 Å². The van der Waals surface area contributed by atoms with Crippen molar-refractivity contribution in [3.8, 4) is 17.2 Å². The quantitative estimate of drug-likeness (QED) is 0.339. The van der Waals surface area contributed by atoms with E-state index < -0.39 is 12.0 Å². The second-order valence-corrected chi connectivity index (χ2v) is 10.3. The van der Waals surface area contributed by atoms with Gasteiger partial charge in [-0.2, -0.15) is 0 Å². The van der Waals surface area contributed by atoms with Gasteiger partial charge in [-0.25, -0.2) is 9.79 Å². The van der Waals surface area contributed by atoms with Crippen LogP contribution in [0.1, 0.15) is 44.4 Å². The highest BCUT2D eigenvalue weighted by Crippen LogP contribution is 2.40. The molecule has 0 N–H and O–H groups in total. The highest BCUT2D eigenvalue weighted by atomic mass is 79.9. The fourth-order valence-electron chi connectivity index (χ4n) is 4.29. The van der Waals surface area contributed by atoms with Crippen molar-refractivity contribution in [2.75, 3.05) is 27.4 Å². The summed E-state index contributed by atoms with van der Waals surface area (Å²) in [6, 6.07) is 10.3. The number of fused-ring (bicyclic) bond motifs is 1. The standard InChI is InChI=1S/C28H29BrN2O6S/c1-6-13-37-25-18(9-8-10-21(25)34-4)24-23(27(33)35-5)16(3)30-28-31(24)26(32)22(38-28)15-17-11-12-20(36-7-2)19(29)14-17/h8-12,14-15,24H,6-7,13H2,1-5H3/t24-/m0/s1. The predicted octanol–water partition coefficient (Wildman–Crippen LogP) is 4.37. The Hall–Kier alpha value is -3.37. The summed E-state index contributed by atoms with van der Waals surface area (Å²) in [5, 5.41) is 0. The highest BCUT2D eigenvalue weighted by Gasteiger charge is 2.35. The second kappa shape index (κ2) is 12.0. The van der Waals surface area contributed by atoms with Gasteiger partial charge in [-0.05, 0) is 66.0 Å². The average Bonchev–Trinajstić information content (AvgIpc) is 3.21. The first-order chi connectivity index (χ1) is 18.3. The molecule has 2 aromatic carbocycles. The fraction of sp³-hybridized carbons (Fsp3) is 0.321. The van der Waals surface area contributed by atoms with E-state index in [1.54, 1.807) is 26.2 Å². The highest BCUT2D eigenvalue weighted by molar-refractivity contribution is 9.10. The molecule has 0 saturated carbocycles. The van der Waals surface area contributed by atoms with Crippen molar-refractivity contribution in [2.24, 2.45) is 4.99 Å². The Morgan fingerprint density at radius 3 is 2.61 bits per heavy atom. The summed E-state index contributed by atoms with van der Waals surface area (Å²) in [7, 11) is 2.87. The third-order valence-electron chi connectivity index (χ3n) is 5.95. The molecule has 200 valence electrons. The van der Waals surface area contributed by atoms with Crippen LogP contribution in [0.25, 0.3) is 6.08 Å². The molecule has 0 amide bonds. The number of hydrogen-bond donors (Lipinski definition) is 0. The van der Waals surface area contributed by atoms with Crippen LogP contribution in [0.3, 0.4) is 0 Å². The number of nitrogens with zero attached hydrogens (tertiary/aromatic N) is 2. The number of halogens is 1. The minimum atomic E-state index is -0.810. The van der Waals surface area contributed by atoms with Gasteiger partial charge in [0.05, 0.1) is 47.7 Å². The van der Waals surface area contributed by atoms with Gasteiger partial charge in [0.25, 0.3) is 5.56 Å². The summed E-state index contributed by atoms with van der Waals surface area (Å²) in [5.74, 6) is 1.14. The minimum Gasteiger partial charge on any atom is -0.493 e. The molecule has 0 fully saturated rings. The zero-order chi connectivity index (χ0) is 27.4. The maximum absolute atomic E-state index is 13.9. The van der Waals surface area contributed by atoms with Crippen LogP contribution in [-0.2, 0) is 9.53 Å². The van der Waals surface area contributed by atoms with E-state index >= 15 is 0 Å². The number of hydrogen-bond acceptors (Lipinski definition) is 8. The summed E-state index contributed by atoms with van der Waals surface area (Å²) >= 11 is 4.79. The van der Waals surface area contributed by atoms with E-state index in [0.29, 0.717) is 45.3 Å². The van der Waals surface area contributed by atoms with Gasteiger partial charge >= 0.3 is 5.97 Å². The van der Waals surface area contributed by atoms with Crippen LogP contribution in [0, 0.1) is 0 Å². The first-order valence-corrected chi connectivity index (χ1v) is 13.8. The molecule has 1 aliphatic rings. The third kappa shape index (κ3) is 5.28. The molecule has 10 heteroatoms. The van der Waals surface area contributed by atoms with Gasteiger partial charge < -0.3 is 18.9 Å². The van der Waals surface area contributed by atoms with E-state index in [4.69, 9.17) is 18.9 Å². The summed E-state index contributed by atoms with van der Waals surface area (Å²) in [5.41, 5.74) is 1.90. The lowest BCUT2D eigenvalue weighted by Gasteiger charge is -2.26. The van der Waals surface area contributed by atoms with Crippen molar-refractivity contribution in [1.82, 2.24) is 4.57 Å². The number of ether oxygens (including phenoxy) is 4. The van der Waals surface area contributed by atoms with Gasteiger partial charge in [0.2, 0.25) is 0 Å². The van der Waals surface area contributed by atoms with Gasteiger partial charge in [0.1, 0.15) is 11.8 Å². The van der Waals surface area contributed by atoms with Crippen molar-refractivity contribution < 1.29 is 23.7 Å². The summed E-state index contributed by atoms with van der Waals surface area (Å²) in [4.78, 5) is 32.0. The Morgan fingerprint density at radius 2 is 1.95 bits per heavy atom. The van der Waals surface area contributed by atoms with Gasteiger partial charge in [0.15, 0.2) is 16.3 Å². The van der Waals surface area contributed by atoms with Crippen LogP contribution in [0.4, 0.5) is 0 Å². The van der Waals surface area contributed by atoms with E-state index in [0.717, 1.165) is 22.2 Å². The second-order valence-electron chi connectivity index (χ2n) is 8.42. The Kier molecular flexibility index (Phi) is 8.73. The number of benzene rings is 2. The zero-order valence-corrected chi connectivity index (χ0v) is 24.3. The lowest BCUT2D eigenvalue weighted by atomic mass is 9.94. The van der Waals surface area contributed by atoms with Gasteiger partial charge in [0, 0.05) is 5.56 Å². The van der Waals surface area contributed by atoms with E-state index in [9.17, 15) is 9.59 Å². The van der Waals surface area contributed by atoms with E-state index in [2.05, 4.69) is 20.9 Å². The molecule has 1 aliphatic heterocycles. The van der Waals surface area contributed by atoms with E-state index in [-0.39, 0.29) is 11.1 Å². The number of carbonyl (C=O) groups is 1. The summed E-state index contributed by atoms with van der Waals surface area (Å²) in [6.45, 7) is 6.65. The van der Waals surface area contributed by atoms with Crippen LogP contribution in [-0.4, -0.2) is 38.0 Å². The largest absolute Gasteiger partial charge is 0.493 e. The van der Waals surface area contributed by atoms with Crippen LogP contribution in [0.15, 0.2) is 61.9 Å². The van der Waals surface area contributed by atoms with Gasteiger partial charge in [-0.3, -0.25) is 9.36 Å². The van der Waals surface area contributed by atoms with Crippen molar-refractivity contribution in [3.05, 3.63) is 83.0 Å².